The molecule has 1 aliphatic rings. The predicted octanol–water partition coefficient (Wildman–Crippen LogP) is 7.87. The van der Waals surface area contributed by atoms with E-state index >= 15 is 0 Å². The van der Waals surface area contributed by atoms with Crippen LogP contribution in [0.4, 0.5) is 0 Å². The smallest absolute Gasteiger partial charge is 0.135 e. The van der Waals surface area contributed by atoms with Gasteiger partial charge in [0.25, 0.3) is 0 Å². The third-order valence-electron chi connectivity index (χ3n) is 6.62. The minimum absolute atomic E-state index is 0.0130. The molecule has 0 saturated carbocycles. The number of rotatable bonds is 1. The molecule has 6 rings (SSSR count). The SMILES string of the molecule is Cc1cccc2c1-c1ccc(-c3ccc4oc5ccccc5c4c3)cc1C2(C)C. The number of hydrogen-bond donors (Lipinski definition) is 0. The molecule has 1 aliphatic carbocycles. The van der Waals surface area contributed by atoms with Gasteiger partial charge in [0.15, 0.2) is 0 Å². The van der Waals surface area contributed by atoms with E-state index in [0.29, 0.717) is 0 Å². The van der Waals surface area contributed by atoms with Crippen molar-refractivity contribution >= 4 is 21.9 Å². The second-order valence-corrected chi connectivity index (χ2v) is 8.69. The molecule has 0 radical (unpaired) electrons. The Morgan fingerprint density at radius 1 is 0.655 bits per heavy atom. The van der Waals surface area contributed by atoms with Crippen molar-refractivity contribution in [2.45, 2.75) is 26.2 Å². The fraction of sp³-hybridized carbons (Fsp3) is 0.143. The standard InChI is InChI=1S/C28H22O/c1-17-7-6-9-23-27(17)21-13-11-19(16-24(21)28(23,2)3)18-12-14-26-22(15-18)20-8-4-5-10-25(20)29-26/h4-16H,1-3H3. The zero-order valence-electron chi connectivity index (χ0n) is 16.9. The van der Waals surface area contributed by atoms with Gasteiger partial charge in [-0.05, 0) is 70.1 Å². The number of para-hydroxylation sites is 1. The maximum atomic E-state index is 6.01. The van der Waals surface area contributed by atoms with Gasteiger partial charge in [-0.2, -0.15) is 0 Å². The number of aryl methyl sites for hydroxylation is 1. The van der Waals surface area contributed by atoms with Gasteiger partial charge in [0.05, 0.1) is 0 Å². The minimum atomic E-state index is 0.0130. The highest BCUT2D eigenvalue weighted by atomic mass is 16.3. The molecule has 140 valence electrons. The molecule has 1 nitrogen and oxygen atoms in total. The van der Waals surface area contributed by atoms with E-state index in [4.69, 9.17) is 4.42 Å². The first-order chi connectivity index (χ1) is 14.0. The van der Waals surface area contributed by atoms with Gasteiger partial charge in [0, 0.05) is 16.2 Å². The van der Waals surface area contributed by atoms with Crippen LogP contribution in [0, 0.1) is 6.92 Å². The number of benzene rings is 4. The minimum Gasteiger partial charge on any atom is -0.456 e. The Labute approximate surface area is 170 Å². The first-order valence-corrected chi connectivity index (χ1v) is 10.2. The molecule has 0 fully saturated rings. The van der Waals surface area contributed by atoms with Crippen molar-refractivity contribution in [3.05, 3.63) is 95.6 Å². The quantitative estimate of drug-likeness (QED) is 0.291. The summed E-state index contributed by atoms with van der Waals surface area (Å²) >= 11 is 0. The van der Waals surface area contributed by atoms with E-state index in [1.54, 1.807) is 0 Å². The number of hydrogen-bond acceptors (Lipinski definition) is 1. The van der Waals surface area contributed by atoms with Crippen LogP contribution in [0.25, 0.3) is 44.2 Å². The fourth-order valence-electron chi connectivity index (χ4n) is 5.06. The van der Waals surface area contributed by atoms with Crippen LogP contribution in [0.5, 0.6) is 0 Å². The Kier molecular flexibility index (Phi) is 3.21. The molecule has 0 amide bonds. The summed E-state index contributed by atoms with van der Waals surface area (Å²) in [5.74, 6) is 0. The molecular weight excluding hydrogens is 352 g/mol. The second kappa shape index (κ2) is 5.61. The van der Waals surface area contributed by atoms with Gasteiger partial charge in [-0.25, -0.2) is 0 Å². The van der Waals surface area contributed by atoms with Crippen LogP contribution in [0.15, 0.2) is 83.3 Å². The van der Waals surface area contributed by atoms with Gasteiger partial charge in [-0.3, -0.25) is 0 Å². The van der Waals surface area contributed by atoms with Crippen molar-refractivity contribution in [3.63, 3.8) is 0 Å². The first-order valence-electron chi connectivity index (χ1n) is 10.2. The average Bonchev–Trinajstić information content (AvgIpc) is 3.21. The Hall–Kier alpha value is -3.32. The fourth-order valence-corrected chi connectivity index (χ4v) is 5.06. The van der Waals surface area contributed by atoms with E-state index in [2.05, 4.69) is 87.5 Å². The van der Waals surface area contributed by atoms with Gasteiger partial charge in [0.1, 0.15) is 11.2 Å². The number of fused-ring (bicyclic) bond motifs is 6. The third-order valence-corrected chi connectivity index (χ3v) is 6.62. The van der Waals surface area contributed by atoms with E-state index in [-0.39, 0.29) is 5.41 Å². The molecule has 5 aromatic rings. The molecule has 0 N–H and O–H groups in total. The lowest BCUT2D eigenvalue weighted by Gasteiger charge is -2.22. The normalized spacial score (nSPS) is 14.3. The predicted molar refractivity (Wildman–Crippen MR) is 121 cm³/mol. The maximum Gasteiger partial charge on any atom is 0.135 e. The van der Waals surface area contributed by atoms with E-state index in [9.17, 15) is 0 Å². The summed E-state index contributed by atoms with van der Waals surface area (Å²) in [4.78, 5) is 0. The van der Waals surface area contributed by atoms with Crippen LogP contribution >= 0.6 is 0 Å². The van der Waals surface area contributed by atoms with Crippen LogP contribution in [0.1, 0.15) is 30.5 Å². The topological polar surface area (TPSA) is 13.1 Å². The van der Waals surface area contributed by atoms with Gasteiger partial charge in [-0.15, -0.1) is 0 Å². The zero-order chi connectivity index (χ0) is 19.8. The van der Waals surface area contributed by atoms with Gasteiger partial charge >= 0.3 is 0 Å². The average molecular weight is 374 g/mol. The van der Waals surface area contributed by atoms with Crippen LogP contribution in [-0.2, 0) is 5.41 Å². The molecule has 1 aromatic heterocycles. The van der Waals surface area contributed by atoms with E-state index in [0.717, 1.165) is 11.2 Å². The third kappa shape index (κ3) is 2.22. The van der Waals surface area contributed by atoms with Gasteiger partial charge in [-0.1, -0.05) is 68.4 Å². The van der Waals surface area contributed by atoms with Gasteiger partial charge < -0.3 is 4.42 Å². The summed E-state index contributed by atoms with van der Waals surface area (Å²) in [6.07, 6.45) is 0. The highest BCUT2D eigenvalue weighted by Crippen LogP contribution is 2.50. The van der Waals surface area contributed by atoms with Crippen LogP contribution in [0.3, 0.4) is 0 Å². The summed E-state index contributed by atoms with van der Waals surface area (Å²) < 4.78 is 6.01. The first kappa shape index (κ1) is 16.6. The molecule has 4 aromatic carbocycles. The van der Waals surface area contributed by atoms with E-state index in [1.807, 2.05) is 12.1 Å². The zero-order valence-corrected chi connectivity index (χ0v) is 16.9. The van der Waals surface area contributed by atoms with Crippen molar-refractivity contribution in [3.8, 4) is 22.3 Å². The van der Waals surface area contributed by atoms with E-state index < -0.39 is 0 Å². The second-order valence-electron chi connectivity index (χ2n) is 8.69. The molecule has 0 spiro atoms. The summed E-state index contributed by atoms with van der Waals surface area (Å²) in [7, 11) is 0. The summed E-state index contributed by atoms with van der Waals surface area (Å²) in [5, 5.41) is 2.35. The molecule has 0 unspecified atom stereocenters. The molecule has 0 aliphatic heterocycles. The molecule has 29 heavy (non-hydrogen) atoms. The summed E-state index contributed by atoms with van der Waals surface area (Å²) in [5.41, 5.74) is 11.4. The lowest BCUT2D eigenvalue weighted by molar-refractivity contribution is 0.660. The van der Waals surface area contributed by atoms with Crippen molar-refractivity contribution < 1.29 is 4.42 Å². The largest absolute Gasteiger partial charge is 0.456 e. The molecule has 0 atom stereocenters. The molecule has 0 saturated heterocycles. The van der Waals surface area contributed by atoms with Crippen molar-refractivity contribution in [2.24, 2.45) is 0 Å². The summed E-state index contributed by atoms with van der Waals surface area (Å²) in [6.45, 7) is 6.90. The van der Waals surface area contributed by atoms with Crippen LogP contribution < -0.4 is 0 Å². The van der Waals surface area contributed by atoms with Crippen molar-refractivity contribution in [2.75, 3.05) is 0 Å². The Morgan fingerprint density at radius 2 is 1.41 bits per heavy atom. The van der Waals surface area contributed by atoms with Crippen LogP contribution in [-0.4, -0.2) is 0 Å². The molecule has 1 heteroatoms. The Balaban J connectivity index is 1.56. The highest BCUT2D eigenvalue weighted by molar-refractivity contribution is 6.06. The van der Waals surface area contributed by atoms with Crippen molar-refractivity contribution in [1.82, 2.24) is 0 Å². The lowest BCUT2D eigenvalue weighted by atomic mass is 9.81. The summed E-state index contributed by atoms with van der Waals surface area (Å²) in [6, 6.07) is 28.4. The Bertz CT molecular complexity index is 1430. The van der Waals surface area contributed by atoms with E-state index in [1.165, 1.54) is 49.7 Å². The molecular formula is C28H22O. The van der Waals surface area contributed by atoms with Crippen LogP contribution in [0.2, 0.25) is 0 Å². The molecule has 1 heterocycles. The monoisotopic (exact) mass is 374 g/mol. The molecule has 0 bridgehead atoms. The van der Waals surface area contributed by atoms with Gasteiger partial charge in [0.2, 0.25) is 0 Å². The highest BCUT2D eigenvalue weighted by Gasteiger charge is 2.36. The lowest BCUT2D eigenvalue weighted by Crippen LogP contribution is -2.15. The maximum absolute atomic E-state index is 6.01. The Morgan fingerprint density at radius 3 is 2.31 bits per heavy atom. The number of furan rings is 1. The van der Waals surface area contributed by atoms with Crippen molar-refractivity contribution in [1.29, 1.82) is 0 Å².